The van der Waals surface area contributed by atoms with E-state index in [4.69, 9.17) is 14.2 Å². The van der Waals surface area contributed by atoms with Crippen LogP contribution in [0.3, 0.4) is 0 Å². The van der Waals surface area contributed by atoms with E-state index < -0.39 is 0 Å². The minimum Gasteiger partial charge on any atom is -0.461 e. The van der Waals surface area contributed by atoms with Crippen LogP contribution in [0.4, 0.5) is 0 Å². The van der Waals surface area contributed by atoms with E-state index in [0.29, 0.717) is 13.2 Å². The molecule has 0 atom stereocenters. The van der Waals surface area contributed by atoms with Gasteiger partial charge in [-0.2, -0.15) is 0 Å². The second-order valence-electron chi connectivity index (χ2n) is 2.94. The Morgan fingerprint density at radius 3 is 2.54 bits per heavy atom. The Balaban J connectivity index is 3.17. The zero-order valence-electron chi connectivity index (χ0n) is 8.54. The van der Waals surface area contributed by atoms with Crippen LogP contribution in [0, 0.1) is 0 Å². The molecule has 0 aliphatic carbocycles. The van der Waals surface area contributed by atoms with Gasteiger partial charge in [-0.05, 0) is 20.3 Å². The van der Waals surface area contributed by atoms with Crippen molar-refractivity contribution < 1.29 is 19.0 Å². The molecule has 0 saturated carbocycles. The van der Waals surface area contributed by atoms with Crippen LogP contribution >= 0.6 is 0 Å². The molecule has 0 radical (unpaired) electrons. The van der Waals surface area contributed by atoms with Gasteiger partial charge in [0.2, 0.25) is 0 Å². The lowest BCUT2D eigenvalue weighted by atomic mass is 10.5. The first-order chi connectivity index (χ1) is 6.16. The normalized spacial score (nSPS) is 10.5. The number of rotatable bonds is 7. The van der Waals surface area contributed by atoms with E-state index in [0.717, 1.165) is 6.42 Å². The van der Waals surface area contributed by atoms with Crippen LogP contribution in [-0.2, 0) is 19.0 Å². The molecule has 0 aromatic heterocycles. The van der Waals surface area contributed by atoms with E-state index >= 15 is 0 Å². The Labute approximate surface area is 79.2 Å². The van der Waals surface area contributed by atoms with Crippen molar-refractivity contribution in [2.24, 2.45) is 0 Å². The molecule has 0 spiro atoms. The highest BCUT2D eigenvalue weighted by molar-refractivity contribution is 5.70. The summed E-state index contributed by atoms with van der Waals surface area (Å²) in [5, 5.41) is 0. The number of esters is 1. The van der Waals surface area contributed by atoms with Gasteiger partial charge in [-0.15, -0.1) is 0 Å². The second kappa shape index (κ2) is 8.01. The van der Waals surface area contributed by atoms with Crippen molar-refractivity contribution in [1.29, 1.82) is 0 Å². The summed E-state index contributed by atoms with van der Waals surface area (Å²) in [5.41, 5.74) is 0. The molecule has 0 saturated heterocycles. The van der Waals surface area contributed by atoms with Crippen LogP contribution in [0.2, 0.25) is 0 Å². The summed E-state index contributed by atoms with van der Waals surface area (Å²) >= 11 is 0. The van der Waals surface area contributed by atoms with Gasteiger partial charge in [0.15, 0.2) is 0 Å². The maximum atomic E-state index is 10.9. The van der Waals surface area contributed by atoms with E-state index in [1.807, 2.05) is 13.8 Å². The zero-order valence-corrected chi connectivity index (χ0v) is 8.54. The molecule has 0 amide bonds. The third kappa shape index (κ3) is 9.30. The van der Waals surface area contributed by atoms with Gasteiger partial charge in [0.05, 0.1) is 6.10 Å². The molecule has 13 heavy (non-hydrogen) atoms. The first-order valence-corrected chi connectivity index (χ1v) is 4.43. The molecule has 4 heteroatoms. The monoisotopic (exact) mass is 190 g/mol. The Kier molecular flexibility index (Phi) is 7.63. The number of hydrogen-bond donors (Lipinski definition) is 0. The summed E-state index contributed by atoms with van der Waals surface area (Å²) in [6, 6.07) is 0. The lowest BCUT2D eigenvalue weighted by Crippen LogP contribution is -2.17. The summed E-state index contributed by atoms with van der Waals surface area (Å²) in [7, 11) is 1.63. The average Bonchev–Trinajstić information content (AvgIpc) is 2.02. The summed E-state index contributed by atoms with van der Waals surface area (Å²) < 4.78 is 14.7. The van der Waals surface area contributed by atoms with Crippen molar-refractivity contribution in [1.82, 2.24) is 0 Å². The van der Waals surface area contributed by atoms with Crippen molar-refractivity contribution in [3.8, 4) is 0 Å². The topological polar surface area (TPSA) is 44.8 Å². The number of carbonyl (C=O) groups excluding carboxylic acids is 1. The molecule has 0 aromatic carbocycles. The van der Waals surface area contributed by atoms with Gasteiger partial charge in [0.25, 0.3) is 0 Å². The molecular weight excluding hydrogens is 172 g/mol. The van der Waals surface area contributed by atoms with Crippen molar-refractivity contribution in [3.05, 3.63) is 0 Å². The summed E-state index contributed by atoms with van der Waals surface area (Å²) in [4.78, 5) is 10.9. The number of ether oxygens (including phenoxy) is 3. The fourth-order valence-corrected chi connectivity index (χ4v) is 0.758. The second-order valence-corrected chi connectivity index (χ2v) is 2.94. The molecule has 0 rings (SSSR count). The molecule has 78 valence electrons. The fourth-order valence-electron chi connectivity index (χ4n) is 0.758. The molecule has 4 nitrogen and oxygen atoms in total. The van der Waals surface area contributed by atoms with Crippen LogP contribution in [0.5, 0.6) is 0 Å². The maximum Gasteiger partial charge on any atom is 0.332 e. The molecule has 0 aliphatic heterocycles. The minimum absolute atomic E-state index is 0.0297. The van der Waals surface area contributed by atoms with E-state index in [1.165, 1.54) is 0 Å². The maximum absolute atomic E-state index is 10.9. The van der Waals surface area contributed by atoms with E-state index in [-0.39, 0.29) is 18.7 Å². The third-order valence-electron chi connectivity index (χ3n) is 1.22. The quantitative estimate of drug-likeness (QED) is 0.443. The smallest absolute Gasteiger partial charge is 0.332 e. The van der Waals surface area contributed by atoms with Gasteiger partial charge < -0.3 is 14.2 Å². The predicted molar refractivity (Wildman–Crippen MR) is 48.5 cm³/mol. The zero-order chi connectivity index (χ0) is 10.1. The predicted octanol–water partition coefficient (Wildman–Crippen LogP) is 0.991. The standard InChI is InChI=1S/C9H18O4/c1-8(2)13-9(10)7-12-6-4-5-11-3/h8H,4-7H2,1-3H3. The third-order valence-corrected chi connectivity index (χ3v) is 1.22. The van der Waals surface area contributed by atoms with E-state index in [9.17, 15) is 4.79 Å². The van der Waals surface area contributed by atoms with Crippen LogP contribution in [0.25, 0.3) is 0 Å². The Morgan fingerprint density at radius 2 is 2.00 bits per heavy atom. The van der Waals surface area contributed by atoms with Crippen molar-refractivity contribution in [2.45, 2.75) is 26.4 Å². The minimum atomic E-state index is -0.313. The fraction of sp³-hybridized carbons (Fsp3) is 0.889. The molecule has 0 aliphatic rings. The van der Waals surface area contributed by atoms with Crippen LogP contribution in [-0.4, -0.2) is 39.0 Å². The average molecular weight is 190 g/mol. The summed E-state index contributed by atoms with van der Waals surface area (Å²) in [6.07, 6.45) is 0.723. The van der Waals surface area contributed by atoms with Crippen molar-refractivity contribution >= 4 is 5.97 Å². The Hall–Kier alpha value is -0.610. The number of hydrogen-bond acceptors (Lipinski definition) is 4. The van der Waals surface area contributed by atoms with E-state index in [2.05, 4.69) is 0 Å². The first-order valence-electron chi connectivity index (χ1n) is 4.43. The molecule has 0 heterocycles. The largest absolute Gasteiger partial charge is 0.461 e. The molecule has 0 bridgehead atoms. The highest BCUT2D eigenvalue weighted by atomic mass is 16.6. The highest BCUT2D eigenvalue weighted by Crippen LogP contribution is 1.90. The number of carbonyl (C=O) groups is 1. The Bertz CT molecular complexity index is 134. The first kappa shape index (κ1) is 12.4. The molecule has 0 fully saturated rings. The van der Waals surface area contributed by atoms with Gasteiger partial charge in [-0.25, -0.2) is 4.79 Å². The highest BCUT2D eigenvalue weighted by Gasteiger charge is 2.04. The SMILES string of the molecule is COCCCOCC(=O)OC(C)C. The van der Waals surface area contributed by atoms with Gasteiger partial charge in [-0.3, -0.25) is 0 Å². The Morgan fingerprint density at radius 1 is 1.31 bits per heavy atom. The lowest BCUT2D eigenvalue weighted by molar-refractivity contribution is -0.152. The molecular formula is C9H18O4. The molecule has 0 aromatic rings. The van der Waals surface area contributed by atoms with Gasteiger partial charge >= 0.3 is 5.97 Å². The number of methoxy groups -OCH3 is 1. The summed E-state index contributed by atoms with van der Waals surface area (Å²) in [6.45, 7) is 4.83. The van der Waals surface area contributed by atoms with Gasteiger partial charge in [0.1, 0.15) is 6.61 Å². The summed E-state index contributed by atoms with van der Waals surface area (Å²) in [5.74, 6) is -0.313. The lowest BCUT2D eigenvalue weighted by Gasteiger charge is -2.07. The van der Waals surface area contributed by atoms with E-state index in [1.54, 1.807) is 7.11 Å². The van der Waals surface area contributed by atoms with Crippen LogP contribution in [0.1, 0.15) is 20.3 Å². The van der Waals surface area contributed by atoms with Crippen LogP contribution < -0.4 is 0 Å². The molecule has 0 unspecified atom stereocenters. The van der Waals surface area contributed by atoms with Gasteiger partial charge in [-0.1, -0.05) is 0 Å². The van der Waals surface area contributed by atoms with Crippen molar-refractivity contribution in [3.63, 3.8) is 0 Å². The molecule has 0 N–H and O–H groups in total. The van der Waals surface area contributed by atoms with Crippen LogP contribution in [0.15, 0.2) is 0 Å². The van der Waals surface area contributed by atoms with Gasteiger partial charge in [0, 0.05) is 20.3 Å². The van der Waals surface area contributed by atoms with Crippen molar-refractivity contribution in [2.75, 3.05) is 26.9 Å².